The van der Waals surface area contributed by atoms with Crippen LogP contribution in [0.25, 0.3) is 0 Å². The summed E-state index contributed by atoms with van der Waals surface area (Å²) in [6.45, 7) is 7.32. The quantitative estimate of drug-likeness (QED) is 0.246. The van der Waals surface area contributed by atoms with E-state index in [1.54, 1.807) is 36.4 Å². The monoisotopic (exact) mass is 500 g/mol. The molecule has 0 aromatic heterocycles. The third-order valence-electron chi connectivity index (χ3n) is 5.30. The number of carbonyl (C=O) groups excluding carboxylic acids is 2. The highest BCUT2D eigenvalue weighted by atomic mass is 19.4. The molecule has 0 spiro atoms. The summed E-state index contributed by atoms with van der Waals surface area (Å²) >= 11 is 0. The van der Waals surface area contributed by atoms with E-state index in [4.69, 9.17) is 14.2 Å². The van der Waals surface area contributed by atoms with E-state index in [9.17, 15) is 22.8 Å². The molecule has 3 aromatic carbocycles. The lowest BCUT2D eigenvalue weighted by Crippen LogP contribution is -2.28. The number of Topliss-reactive ketones (excluding diaryl/α,β-unsaturated/α-hetero) is 1. The number of rotatable bonds is 8. The first-order valence-corrected chi connectivity index (χ1v) is 11.2. The lowest BCUT2D eigenvalue weighted by molar-refractivity contribution is -0.149. The maximum Gasteiger partial charge on any atom is 0.416 e. The number of carbonyl (C=O) groups is 2. The van der Waals surface area contributed by atoms with Gasteiger partial charge in [0.15, 0.2) is 18.5 Å². The molecule has 0 aliphatic heterocycles. The molecule has 0 aliphatic rings. The normalized spacial score (nSPS) is 12.5. The van der Waals surface area contributed by atoms with Gasteiger partial charge in [0.05, 0.1) is 5.56 Å². The van der Waals surface area contributed by atoms with Crippen molar-refractivity contribution in [3.63, 3.8) is 0 Å². The third-order valence-corrected chi connectivity index (χ3v) is 5.30. The van der Waals surface area contributed by atoms with Crippen molar-refractivity contribution >= 4 is 11.8 Å². The zero-order valence-electron chi connectivity index (χ0n) is 20.4. The van der Waals surface area contributed by atoms with Crippen LogP contribution in [0.3, 0.4) is 0 Å². The summed E-state index contributed by atoms with van der Waals surface area (Å²) in [6, 6.07) is 17.7. The summed E-state index contributed by atoms with van der Waals surface area (Å²) in [7, 11) is 0. The Morgan fingerprint density at radius 1 is 0.750 bits per heavy atom. The predicted molar refractivity (Wildman–Crippen MR) is 128 cm³/mol. The second-order valence-corrected chi connectivity index (χ2v) is 9.21. The number of ether oxygens (including phenoxy) is 3. The van der Waals surface area contributed by atoms with Crippen LogP contribution in [-0.2, 0) is 21.1 Å². The van der Waals surface area contributed by atoms with E-state index in [1.807, 2.05) is 12.1 Å². The summed E-state index contributed by atoms with van der Waals surface area (Å²) in [6.07, 6.45) is -5.39. The number of halogens is 3. The van der Waals surface area contributed by atoms with Gasteiger partial charge in [0.2, 0.25) is 0 Å². The van der Waals surface area contributed by atoms with Crippen LogP contribution in [0.2, 0.25) is 0 Å². The van der Waals surface area contributed by atoms with Crippen molar-refractivity contribution in [1.82, 2.24) is 0 Å². The molecule has 190 valence electrons. The van der Waals surface area contributed by atoms with Crippen molar-refractivity contribution in [1.29, 1.82) is 0 Å². The van der Waals surface area contributed by atoms with Gasteiger partial charge in [-0.1, -0.05) is 45.0 Å². The van der Waals surface area contributed by atoms with Gasteiger partial charge in [-0.05, 0) is 66.4 Å². The Balaban J connectivity index is 1.49. The van der Waals surface area contributed by atoms with Crippen LogP contribution in [0.5, 0.6) is 17.2 Å². The lowest BCUT2D eigenvalue weighted by Gasteiger charge is -2.19. The van der Waals surface area contributed by atoms with Gasteiger partial charge < -0.3 is 14.2 Å². The maximum atomic E-state index is 12.7. The Morgan fingerprint density at radius 2 is 1.22 bits per heavy atom. The van der Waals surface area contributed by atoms with E-state index < -0.39 is 30.4 Å². The maximum absolute atomic E-state index is 12.7. The van der Waals surface area contributed by atoms with Crippen molar-refractivity contribution in [2.45, 2.75) is 45.4 Å². The minimum absolute atomic E-state index is 0.0344. The number of ketones is 1. The Morgan fingerprint density at radius 3 is 1.72 bits per heavy atom. The van der Waals surface area contributed by atoms with Crippen LogP contribution in [0, 0.1) is 0 Å². The Labute approximate surface area is 207 Å². The number of alkyl halides is 3. The SMILES string of the molecule is CC(Oc1ccc(Oc2ccc(C(F)(F)F)cc2)cc1)C(=O)OCC(=O)c1ccc(C(C)(C)C)cc1. The first-order chi connectivity index (χ1) is 16.8. The molecule has 0 radical (unpaired) electrons. The van der Waals surface area contributed by atoms with Gasteiger partial charge in [0, 0.05) is 5.56 Å². The van der Waals surface area contributed by atoms with Crippen molar-refractivity contribution in [2.75, 3.05) is 6.61 Å². The molecule has 36 heavy (non-hydrogen) atoms. The predicted octanol–water partition coefficient (Wildman–Crippen LogP) is 6.99. The van der Waals surface area contributed by atoms with E-state index >= 15 is 0 Å². The lowest BCUT2D eigenvalue weighted by atomic mass is 9.86. The molecule has 0 heterocycles. The number of hydrogen-bond acceptors (Lipinski definition) is 5. The molecule has 1 unspecified atom stereocenters. The van der Waals surface area contributed by atoms with E-state index in [1.165, 1.54) is 19.1 Å². The summed E-state index contributed by atoms with van der Waals surface area (Å²) < 4.78 is 54.2. The molecule has 8 heteroatoms. The van der Waals surface area contributed by atoms with Gasteiger partial charge >= 0.3 is 12.1 Å². The van der Waals surface area contributed by atoms with E-state index in [-0.39, 0.29) is 16.9 Å². The molecule has 3 aromatic rings. The fraction of sp³-hybridized carbons (Fsp3) is 0.286. The topological polar surface area (TPSA) is 61.8 Å². The number of hydrogen-bond donors (Lipinski definition) is 0. The van der Waals surface area contributed by atoms with Gasteiger partial charge in [0.25, 0.3) is 0 Å². The average Bonchev–Trinajstić information content (AvgIpc) is 2.83. The highest BCUT2D eigenvalue weighted by Gasteiger charge is 2.30. The number of esters is 1. The fourth-order valence-corrected chi connectivity index (χ4v) is 3.18. The summed E-state index contributed by atoms with van der Waals surface area (Å²) in [4.78, 5) is 24.6. The largest absolute Gasteiger partial charge is 0.479 e. The minimum Gasteiger partial charge on any atom is -0.479 e. The summed E-state index contributed by atoms with van der Waals surface area (Å²) in [5.74, 6) is -0.0458. The van der Waals surface area contributed by atoms with Crippen LogP contribution in [0.1, 0.15) is 49.2 Å². The summed E-state index contributed by atoms with van der Waals surface area (Å²) in [5, 5.41) is 0. The molecule has 0 saturated carbocycles. The molecule has 0 N–H and O–H groups in total. The highest BCUT2D eigenvalue weighted by Crippen LogP contribution is 2.31. The van der Waals surface area contributed by atoms with Crippen molar-refractivity contribution in [3.8, 4) is 17.2 Å². The Hall–Kier alpha value is -3.81. The van der Waals surface area contributed by atoms with Crippen LogP contribution < -0.4 is 9.47 Å². The average molecular weight is 501 g/mol. The standard InChI is InChI=1S/C28H27F3O5/c1-18(26(33)34-17-25(32)19-5-7-20(8-6-19)27(2,3)4)35-22-13-15-24(16-14-22)36-23-11-9-21(10-12-23)28(29,30)31/h5-16,18H,17H2,1-4H3. The molecular formula is C28H27F3O5. The van der Waals surface area contributed by atoms with E-state index in [2.05, 4.69) is 20.8 Å². The van der Waals surface area contributed by atoms with Crippen molar-refractivity contribution in [2.24, 2.45) is 0 Å². The second kappa shape index (κ2) is 10.8. The smallest absolute Gasteiger partial charge is 0.416 e. The Bertz CT molecular complexity index is 1180. The molecule has 0 amide bonds. The highest BCUT2D eigenvalue weighted by molar-refractivity contribution is 5.98. The molecule has 5 nitrogen and oxygen atoms in total. The van der Waals surface area contributed by atoms with E-state index in [0.29, 0.717) is 17.1 Å². The zero-order chi connectivity index (χ0) is 26.5. The van der Waals surface area contributed by atoms with Gasteiger partial charge in [-0.25, -0.2) is 4.79 Å². The van der Waals surface area contributed by atoms with Crippen LogP contribution in [0.15, 0.2) is 72.8 Å². The molecule has 1 atom stereocenters. The second-order valence-electron chi connectivity index (χ2n) is 9.21. The van der Waals surface area contributed by atoms with Gasteiger partial charge in [0.1, 0.15) is 17.2 Å². The molecular weight excluding hydrogens is 473 g/mol. The van der Waals surface area contributed by atoms with Gasteiger partial charge in [-0.2, -0.15) is 13.2 Å². The molecule has 0 saturated heterocycles. The molecule has 0 aliphatic carbocycles. The van der Waals surface area contributed by atoms with E-state index in [0.717, 1.165) is 17.7 Å². The van der Waals surface area contributed by atoms with Gasteiger partial charge in [-0.15, -0.1) is 0 Å². The van der Waals surface area contributed by atoms with Crippen molar-refractivity contribution < 1.29 is 37.0 Å². The third kappa shape index (κ3) is 7.34. The first kappa shape index (κ1) is 26.8. The first-order valence-electron chi connectivity index (χ1n) is 11.2. The Kier molecular flexibility index (Phi) is 8.07. The van der Waals surface area contributed by atoms with Gasteiger partial charge in [-0.3, -0.25) is 4.79 Å². The van der Waals surface area contributed by atoms with Crippen LogP contribution in [-0.4, -0.2) is 24.5 Å². The molecule has 3 rings (SSSR count). The summed E-state index contributed by atoms with van der Waals surface area (Å²) in [5.41, 5.74) is 0.745. The number of benzene rings is 3. The van der Waals surface area contributed by atoms with Crippen LogP contribution in [0.4, 0.5) is 13.2 Å². The molecule has 0 fully saturated rings. The zero-order valence-corrected chi connectivity index (χ0v) is 20.4. The van der Waals surface area contributed by atoms with Crippen LogP contribution >= 0.6 is 0 Å². The fourth-order valence-electron chi connectivity index (χ4n) is 3.18. The molecule has 0 bridgehead atoms. The minimum atomic E-state index is -4.42. The van der Waals surface area contributed by atoms with Crippen molar-refractivity contribution in [3.05, 3.63) is 89.5 Å².